The molecule has 0 aromatic heterocycles. The van der Waals surface area contributed by atoms with E-state index in [0.29, 0.717) is 24.4 Å². The van der Waals surface area contributed by atoms with Crippen molar-refractivity contribution < 1.29 is 9.59 Å². The van der Waals surface area contributed by atoms with Crippen molar-refractivity contribution in [2.45, 2.75) is 32.6 Å². The van der Waals surface area contributed by atoms with Crippen LogP contribution >= 0.6 is 0 Å². The summed E-state index contributed by atoms with van der Waals surface area (Å²) in [6.45, 7) is 2.52. The third-order valence-corrected chi connectivity index (χ3v) is 3.68. The zero-order valence-electron chi connectivity index (χ0n) is 12.8. The van der Waals surface area contributed by atoms with E-state index >= 15 is 0 Å². The van der Waals surface area contributed by atoms with Crippen LogP contribution in [0.4, 0.5) is 5.69 Å². The van der Waals surface area contributed by atoms with E-state index in [-0.39, 0.29) is 18.4 Å². The fraction of sp³-hybridized carbons (Fsp3) is 0.438. The molecule has 0 radical (unpaired) electrons. The van der Waals surface area contributed by atoms with Crippen LogP contribution in [-0.4, -0.2) is 35.5 Å². The van der Waals surface area contributed by atoms with Gasteiger partial charge in [-0.25, -0.2) is 5.43 Å². The van der Waals surface area contributed by atoms with Gasteiger partial charge in [-0.05, 0) is 37.5 Å². The lowest BCUT2D eigenvalue weighted by molar-refractivity contribution is -0.135. The number of hydrogen-bond donors (Lipinski definition) is 2. The summed E-state index contributed by atoms with van der Waals surface area (Å²) in [6.07, 6.45) is 3.43. The zero-order valence-corrected chi connectivity index (χ0v) is 12.8. The first-order chi connectivity index (χ1) is 10.6. The van der Waals surface area contributed by atoms with E-state index in [1.54, 1.807) is 17.0 Å². The van der Waals surface area contributed by atoms with Gasteiger partial charge in [0.05, 0.1) is 5.71 Å². The number of anilines is 1. The van der Waals surface area contributed by atoms with Crippen molar-refractivity contribution >= 4 is 23.2 Å². The highest BCUT2D eigenvalue weighted by atomic mass is 16.2. The van der Waals surface area contributed by atoms with Gasteiger partial charge in [-0.15, -0.1) is 0 Å². The number of carbonyl (C=O) groups is 2. The summed E-state index contributed by atoms with van der Waals surface area (Å²) in [4.78, 5) is 25.4. The first-order valence-corrected chi connectivity index (χ1v) is 7.53. The predicted octanol–water partition coefficient (Wildman–Crippen LogP) is 1.51. The monoisotopic (exact) mass is 302 g/mol. The van der Waals surface area contributed by atoms with Crippen LogP contribution in [0.25, 0.3) is 0 Å². The van der Waals surface area contributed by atoms with Crippen molar-refractivity contribution in [2.75, 3.05) is 18.8 Å². The third-order valence-electron chi connectivity index (χ3n) is 3.68. The van der Waals surface area contributed by atoms with E-state index in [4.69, 9.17) is 5.73 Å². The van der Waals surface area contributed by atoms with Gasteiger partial charge in [0.2, 0.25) is 5.91 Å². The number of amides is 2. The van der Waals surface area contributed by atoms with Crippen LogP contribution in [0, 0.1) is 0 Å². The molecule has 22 heavy (non-hydrogen) atoms. The maximum atomic E-state index is 11.9. The van der Waals surface area contributed by atoms with Crippen LogP contribution < -0.4 is 11.2 Å². The van der Waals surface area contributed by atoms with Gasteiger partial charge in [-0.2, -0.15) is 5.10 Å². The molecule has 0 saturated carbocycles. The molecule has 118 valence electrons. The number of carbonyl (C=O) groups excluding carboxylic acids is 2. The van der Waals surface area contributed by atoms with Gasteiger partial charge in [0.15, 0.2) is 0 Å². The Morgan fingerprint density at radius 3 is 2.73 bits per heavy atom. The minimum atomic E-state index is -0.273. The molecule has 1 aliphatic heterocycles. The van der Waals surface area contributed by atoms with Gasteiger partial charge in [0.1, 0.15) is 6.54 Å². The van der Waals surface area contributed by atoms with Crippen LogP contribution in [0.2, 0.25) is 0 Å². The lowest BCUT2D eigenvalue weighted by Gasteiger charge is -2.19. The van der Waals surface area contributed by atoms with E-state index < -0.39 is 0 Å². The van der Waals surface area contributed by atoms with E-state index in [9.17, 15) is 9.59 Å². The van der Waals surface area contributed by atoms with Gasteiger partial charge in [0, 0.05) is 18.7 Å². The summed E-state index contributed by atoms with van der Waals surface area (Å²) < 4.78 is 0. The number of hydrogen-bond acceptors (Lipinski definition) is 4. The molecule has 1 heterocycles. The Bertz CT molecular complexity index is 566. The summed E-state index contributed by atoms with van der Waals surface area (Å²) in [6, 6.07) is 7.26. The number of nitrogens with zero attached hydrogens (tertiary/aromatic N) is 2. The first-order valence-electron chi connectivity index (χ1n) is 7.53. The number of benzene rings is 1. The maximum absolute atomic E-state index is 11.9. The largest absolute Gasteiger partial charge is 0.399 e. The van der Waals surface area contributed by atoms with Gasteiger partial charge in [-0.3, -0.25) is 9.59 Å². The Balaban J connectivity index is 1.89. The van der Waals surface area contributed by atoms with Gasteiger partial charge < -0.3 is 10.6 Å². The van der Waals surface area contributed by atoms with Crippen molar-refractivity contribution in [1.29, 1.82) is 0 Å². The Morgan fingerprint density at radius 2 is 2.00 bits per heavy atom. The molecule has 2 amide bonds. The molecule has 1 fully saturated rings. The molecule has 6 heteroatoms. The van der Waals surface area contributed by atoms with Gasteiger partial charge in [-0.1, -0.05) is 18.6 Å². The molecule has 1 aromatic carbocycles. The fourth-order valence-electron chi connectivity index (χ4n) is 2.35. The Morgan fingerprint density at radius 1 is 1.27 bits per heavy atom. The second kappa shape index (κ2) is 7.59. The minimum absolute atomic E-state index is 0.0480. The van der Waals surface area contributed by atoms with Crippen molar-refractivity contribution in [2.24, 2.45) is 5.10 Å². The number of rotatable bonds is 4. The summed E-state index contributed by atoms with van der Waals surface area (Å²) in [5.41, 5.74) is 10.4. The Labute approximate surface area is 130 Å². The van der Waals surface area contributed by atoms with Crippen LogP contribution in [0.15, 0.2) is 29.4 Å². The third kappa shape index (κ3) is 4.58. The van der Waals surface area contributed by atoms with E-state index in [1.165, 1.54) is 0 Å². The zero-order chi connectivity index (χ0) is 15.9. The summed E-state index contributed by atoms with van der Waals surface area (Å²) in [7, 11) is 0. The number of nitrogens with one attached hydrogen (secondary N) is 1. The smallest absolute Gasteiger partial charge is 0.259 e. The second-order valence-corrected chi connectivity index (χ2v) is 5.48. The number of hydrazone groups is 1. The van der Waals surface area contributed by atoms with Crippen molar-refractivity contribution in [3.63, 3.8) is 0 Å². The highest BCUT2D eigenvalue weighted by molar-refractivity contribution is 5.99. The highest BCUT2D eigenvalue weighted by Crippen LogP contribution is 2.10. The second-order valence-electron chi connectivity index (χ2n) is 5.48. The molecule has 3 N–H and O–H groups in total. The molecule has 0 unspecified atom stereocenters. The topological polar surface area (TPSA) is 87.8 Å². The Kier molecular flexibility index (Phi) is 5.52. The molecule has 6 nitrogen and oxygen atoms in total. The minimum Gasteiger partial charge on any atom is -0.399 e. The maximum Gasteiger partial charge on any atom is 0.259 e. The standard InChI is InChI=1S/C16H22N4O2/c1-12(13-6-8-14(17)9-7-13)18-19-15(21)11-20-10-4-2-3-5-16(20)22/h6-9H,2-5,10-11,17H2,1H3,(H,19,21)/b18-12-. The SMILES string of the molecule is C/C(=N/NC(=O)CN1CCCCCC1=O)c1ccc(N)cc1. The highest BCUT2D eigenvalue weighted by Gasteiger charge is 2.18. The number of nitrogens with two attached hydrogens (primary N) is 1. The average molecular weight is 302 g/mol. The van der Waals surface area contributed by atoms with E-state index in [2.05, 4.69) is 10.5 Å². The molecule has 1 saturated heterocycles. The summed E-state index contributed by atoms with van der Waals surface area (Å²) >= 11 is 0. The lowest BCUT2D eigenvalue weighted by Crippen LogP contribution is -2.39. The molecule has 0 spiro atoms. The van der Waals surface area contributed by atoms with Crippen molar-refractivity contribution in [1.82, 2.24) is 10.3 Å². The van der Waals surface area contributed by atoms with Crippen LogP contribution in [0.1, 0.15) is 38.2 Å². The normalized spacial score (nSPS) is 16.3. The summed E-state index contributed by atoms with van der Waals surface area (Å²) in [5.74, 6) is -0.225. The molecule has 0 bridgehead atoms. The summed E-state index contributed by atoms with van der Waals surface area (Å²) in [5, 5.41) is 4.08. The predicted molar refractivity (Wildman–Crippen MR) is 86.3 cm³/mol. The molecule has 1 aromatic rings. The average Bonchev–Trinajstić information content (AvgIpc) is 2.70. The van der Waals surface area contributed by atoms with Crippen molar-refractivity contribution in [3.8, 4) is 0 Å². The van der Waals surface area contributed by atoms with E-state index in [0.717, 1.165) is 24.8 Å². The van der Waals surface area contributed by atoms with E-state index in [1.807, 2.05) is 19.1 Å². The first kappa shape index (κ1) is 16.0. The number of likely N-dealkylation sites (tertiary alicyclic amines) is 1. The molecule has 2 rings (SSSR count). The fourth-order valence-corrected chi connectivity index (χ4v) is 2.35. The Hall–Kier alpha value is -2.37. The van der Waals surface area contributed by atoms with Crippen molar-refractivity contribution in [3.05, 3.63) is 29.8 Å². The molecular formula is C16H22N4O2. The van der Waals surface area contributed by atoms with Crippen LogP contribution in [0.3, 0.4) is 0 Å². The molecular weight excluding hydrogens is 280 g/mol. The van der Waals surface area contributed by atoms with Crippen LogP contribution in [0.5, 0.6) is 0 Å². The van der Waals surface area contributed by atoms with Gasteiger partial charge in [0.25, 0.3) is 5.91 Å². The van der Waals surface area contributed by atoms with Crippen LogP contribution in [-0.2, 0) is 9.59 Å². The number of nitrogen functional groups attached to an aromatic ring is 1. The lowest BCUT2D eigenvalue weighted by atomic mass is 10.1. The molecule has 0 atom stereocenters. The van der Waals surface area contributed by atoms with Gasteiger partial charge >= 0.3 is 0 Å². The molecule has 0 aliphatic carbocycles. The molecule has 1 aliphatic rings. The quantitative estimate of drug-likeness (QED) is 0.502.